The van der Waals surface area contributed by atoms with Crippen LogP contribution >= 0.6 is 46.4 Å². The molecule has 134 valence electrons. The van der Waals surface area contributed by atoms with Gasteiger partial charge in [-0.05, 0) is 35.4 Å². The van der Waals surface area contributed by atoms with Gasteiger partial charge in [0, 0.05) is 0 Å². The summed E-state index contributed by atoms with van der Waals surface area (Å²) in [6.07, 6.45) is 2.89. The largest absolute Gasteiger partial charge is 0.379 e. The first-order chi connectivity index (χ1) is 12.4. The second-order valence-corrected chi connectivity index (χ2v) is 6.44. The second-order valence-electron chi connectivity index (χ2n) is 4.81. The Balaban J connectivity index is 2.03. The Morgan fingerprint density at radius 3 is 1.38 bits per heavy atom. The van der Waals surface area contributed by atoms with Crippen molar-refractivity contribution in [1.29, 1.82) is 0 Å². The molecule has 0 amide bonds. The zero-order valence-electron chi connectivity index (χ0n) is 13.1. The number of halogens is 4. The van der Waals surface area contributed by atoms with Crippen molar-refractivity contribution in [3.05, 3.63) is 67.6 Å². The molecule has 0 aliphatic heterocycles. The van der Waals surface area contributed by atoms with Crippen LogP contribution in [-0.4, -0.2) is 24.1 Å². The molecule has 0 saturated heterocycles. The van der Waals surface area contributed by atoms with E-state index in [9.17, 15) is 0 Å². The van der Waals surface area contributed by atoms with E-state index in [4.69, 9.17) is 57.9 Å². The van der Waals surface area contributed by atoms with Crippen LogP contribution in [-0.2, 0) is 0 Å². The van der Waals surface area contributed by atoms with Crippen LogP contribution in [0.3, 0.4) is 0 Å². The fraction of sp³-hybridized carbons (Fsp3) is 0. The van der Waals surface area contributed by atoms with Gasteiger partial charge in [0.15, 0.2) is 11.7 Å². The lowest BCUT2D eigenvalue weighted by atomic mass is 10.2. The maximum atomic E-state index is 5.91. The third-order valence-electron chi connectivity index (χ3n) is 2.89. The zero-order chi connectivity index (χ0) is 19.1. The first-order valence-electron chi connectivity index (χ1n) is 7.00. The van der Waals surface area contributed by atoms with Crippen molar-refractivity contribution in [2.45, 2.75) is 0 Å². The summed E-state index contributed by atoms with van der Waals surface area (Å²) in [5, 5.41) is 16.8. The predicted octanol–water partition coefficient (Wildman–Crippen LogP) is 4.38. The third kappa shape index (κ3) is 6.00. The van der Waals surface area contributed by atoms with Crippen LogP contribution in [0.5, 0.6) is 0 Å². The summed E-state index contributed by atoms with van der Waals surface area (Å²) >= 11 is 23.5. The van der Waals surface area contributed by atoms with E-state index in [1.165, 1.54) is 12.4 Å². The van der Waals surface area contributed by atoms with E-state index in [0.29, 0.717) is 31.2 Å². The quantitative estimate of drug-likeness (QED) is 0.427. The van der Waals surface area contributed by atoms with Gasteiger partial charge in [0.2, 0.25) is 0 Å². The summed E-state index contributed by atoms with van der Waals surface area (Å²) in [5.41, 5.74) is 12.8. The maximum absolute atomic E-state index is 5.91. The highest BCUT2D eigenvalue weighted by atomic mass is 35.5. The lowest BCUT2D eigenvalue weighted by molar-refractivity contribution is 1.21. The highest BCUT2D eigenvalue weighted by Gasteiger charge is 2.00. The molecule has 0 fully saturated rings. The molecular formula is C16H12Cl4N6. The van der Waals surface area contributed by atoms with Gasteiger partial charge in [-0.2, -0.15) is 10.2 Å². The molecule has 26 heavy (non-hydrogen) atoms. The van der Waals surface area contributed by atoms with Crippen molar-refractivity contribution in [3.63, 3.8) is 0 Å². The van der Waals surface area contributed by atoms with Crippen molar-refractivity contribution < 1.29 is 0 Å². The van der Waals surface area contributed by atoms with Gasteiger partial charge in [-0.15, -0.1) is 10.2 Å². The monoisotopic (exact) mass is 428 g/mol. The van der Waals surface area contributed by atoms with Gasteiger partial charge in [-0.1, -0.05) is 58.5 Å². The standard InChI is InChI=1S/C16H12Cl4N6/c17-11-3-1-9(5-13(11)19)7-23-25-15(21)16(22)26-24-8-10-2-4-12(18)14(20)6-10/h1-8H,(H2,21,25)(H2,22,26)/b23-7-,24-8+. The van der Waals surface area contributed by atoms with E-state index >= 15 is 0 Å². The van der Waals surface area contributed by atoms with Gasteiger partial charge in [0.05, 0.1) is 32.5 Å². The van der Waals surface area contributed by atoms with Crippen LogP contribution in [0, 0.1) is 0 Å². The minimum absolute atomic E-state index is 0.0902. The van der Waals surface area contributed by atoms with E-state index in [-0.39, 0.29) is 11.7 Å². The van der Waals surface area contributed by atoms with Crippen molar-refractivity contribution >= 4 is 70.5 Å². The fourth-order valence-electron chi connectivity index (χ4n) is 1.60. The van der Waals surface area contributed by atoms with Crippen LogP contribution in [0.15, 0.2) is 56.8 Å². The smallest absolute Gasteiger partial charge is 0.190 e. The van der Waals surface area contributed by atoms with Gasteiger partial charge < -0.3 is 11.5 Å². The number of nitrogens with two attached hydrogens (primary N) is 2. The average molecular weight is 430 g/mol. The molecule has 0 bridgehead atoms. The van der Waals surface area contributed by atoms with Gasteiger partial charge in [0.1, 0.15) is 0 Å². The number of hydrogen-bond donors (Lipinski definition) is 2. The molecule has 0 aliphatic rings. The normalized spacial score (nSPS) is 13.1. The lowest BCUT2D eigenvalue weighted by Crippen LogP contribution is -2.30. The van der Waals surface area contributed by atoms with E-state index in [0.717, 1.165) is 0 Å². The lowest BCUT2D eigenvalue weighted by Gasteiger charge is -1.97. The zero-order valence-corrected chi connectivity index (χ0v) is 16.1. The number of amidine groups is 2. The van der Waals surface area contributed by atoms with Crippen LogP contribution < -0.4 is 11.5 Å². The summed E-state index contributed by atoms with van der Waals surface area (Å²) < 4.78 is 0. The Hall–Kier alpha value is -2.12. The highest BCUT2D eigenvalue weighted by molar-refractivity contribution is 6.42. The first kappa shape index (κ1) is 20.2. The predicted molar refractivity (Wildman–Crippen MR) is 111 cm³/mol. The molecule has 0 radical (unpaired) electrons. The van der Waals surface area contributed by atoms with Crippen LogP contribution in [0.1, 0.15) is 11.1 Å². The molecular weight excluding hydrogens is 418 g/mol. The Labute approximate surface area is 169 Å². The summed E-state index contributed by atoms with van der Waals surface area (Å²) in [4.78, 5) is 0. The number of rotatable bonds is 4. The summed E-state index contributed by atoms with van der Waals surface area (Å²) in [5.74, 6) is -0.180. The Bertz CT molecular complexity index is 845. The topological polar surface area (TPSA) is 101 Å². The van der Waals surface area contributed by atoms with Crippen LogP contribution in [0.2, 0.25) is 20.1 Å². The highest BCUT2D eigenvalue weighted by Crippen LogP contribution is 2.22. The van der Waals surface area contributed by atoms with Gasteiger partial charge in [-0.25, -0.2) is 0 Å². The molecule has 6 nitrogen and oxygen atoms in total. The fourth-order valence-corrected chi connectivity index (χ4v) is 2.22. The Morgan fingerprint density at radius 1 is 0.654 bits per heavy atom. The van der Waals surface area contributed by atoms with E-state index in [1.807, 2.05) is 0 Å². The van der Waals surface area contributed by atoms with E-state index in [2.05, 4.69) is 20.4 Å². The average Bonchev–Trinajstić information content (AvgIpc) is 2.61. The molecule has 0 spiro atoms. The van der Waals surface area contributed by atoms with Gasteiger partial charge in [-0.3, -0.25) is 0 Å². The Morgan fingerprint density at radius 2 is 1.04 bits per heavy atom. The minimum atomic E-state index is -0.0902. The minimum Gasteiger partial charge on any atom is -0.379 e. The molecule has 0 saturated carbocycles. The van der Waals surface area contributed by atoms with Crippen LogP contribution in [0.25, 0.3) is 0 Å². The molecule has 0 atom stereocenters. The molecule has 2 aromatic rings. The van der Waals surface area contributed by atoms with Crippen molar-refractivity contribution in [2.24, 2.45) is 31.9 Å². The first-order valence-corrected chi connectivity index (χ1v) is 8.51. The summed E-state index contributed by atoms with van der Waals surface area (Å²) in [6, 6.07) is 10.0. The van der Waals surface area contributed by atoms with Crippen LogP contribution in [0.4, 0.5) is 0 Å². The van der Waals surface area contributed by atoms with Crippen molar-refractivity contribution in [1.82, 2.24) is 0 Å². The van der Waals surface area contributed by atoms with E-state index < -0.39 is 0 Å². The maximum Gasteiger partial charge on any atom is 0.190 e. The van der Waals surface area contributed by atoms with Crippen molar-refractivity contribution in [3.8, 4) is 0 Å². The summed E-state index contributed by atoms with van der Waals surface area (Å²) in [7, 11) is 0. The number of hydrogen-bond acceptors (Lipinski definition) is 4. The van der Waals surface area contributed by atoms with E-state index in [1.54, 1.807) is 36.4 Å². The number of benzene rings is 2. The molecule has 0 aromatic heterocycles. The molecule has 2 rings (SSSR count). The third-order valence-corrected chi connectivity index (χ3v) is 4.37. The molecule has 0 unspecified atom stereocenters. The molecule has 0 heterocycles. The van der Waals surface area contributed by atoms with Crippen molar-refractivity contribution in [2.75, 3.05) is 0 Å². The second kappa shape index (κ2) is 9.54. The van der Waals surface area contributed by atoms with Gasteiger partial charge in [0.25, 0.3) is 0 Å². The number of nitrogens with zero attached hydrogens (tertiary/aromatic N) is 4. The van der Waals surface area contributed by atoms with Gasteiger partial charge >= 0.3 is 0 Å². The Kier molecular flexibility index (Phi) is 7.41. The summed E-state index contributed by atoms with van der Waals surface area (Å²) in [6.45, 7) is 0. The molecule has 0 aliphatic carbocycles. The molecule has 4 N–H and O–H groups in total. The molecule has 2 aromatic carbocycles. The SMILES string of the molecule is NC(=N/N=C\c1ccc(Cl)c(Cl)c1)C(N)=N/N=C/c1ccc(Cl)c(Cl)c1. The molecule has 10 heteroatoms.